The van der Waals surface area contributed by atoms with E-state index in [1.54, 1.807) is 11.3 Å². The zero-order valence-corrected chi connectivity index (χ0v) is 14.6. The maximum atomic E-state index is 4.41. The van der Waals surface area contributed by atoms with Crippen molar-refractivity contribution in [2.45, 2.75) is 53.4 Å². The molecule has 0 aliphatic rings. The van der Waals surface area contributed by atoms with Gasteiger partial charge in [-0.05, 0) is 50.8 Å². The first-order chi connectivity index (χ1) is 10.0. The summed E-state index contributed by atoms with van der Waals surface area (Å²) in [6.07, 6.45) is 4.35. The van der Waals surface area contributed by atoms with E-state index in [1.165, 1.54) is 40.0 Å². The molecule has 0 spiro atoms. The van der Waals surface area contributed by atoms with Gasteiger partial charge in [0, 0.05) is 23.5 Å². The highest BCUT2D eigenvalue weighted by molar-refractivity contribution is 7.15. The molecule has 1 unspecified atom stereocenters. The van der Waals surface area contributed by atoms with Gasteiger partial charge in [-0.1, -0.05) is 31.0 Å². The highest BCUT2D eigenvalue weighted by Crippen LogP contribution is 2.29. The summed E-state index contributed by atoms with van der Waals surface area (Å²) in [5.74, 6) is 0.555. The minimum atomic E-state index is 0.555. The highest BCUT2D eigenvalue weighted by atomic mass is 32.1. The predicted molar refractivity (Wildman–Crippen MR) is 93.6 cm³/mol. The number of hydrogen-bond acceptors (Lipinski definition) is 3. The van der Waals surface area contributed by atoms with E-state index in [2.05, 4.69) is 57.1 Å². The van der Waals surface area contributed by atoms with Gasteiger partial charge in [0.25, 0.3) is 0 Å². The van der Waals surface area contributed by atoms with Crippen molar-refractivity contribution in [3.05, 3.63) is 45.5 Å². The van der Waals surface area contributed by atoms with Crippen LogP contribution in [0.15, 0.2) is 18.3 Å². The fourth-order valence-electron chi connectivity index (χ4n) is 3.18. The third kappa shape index (κ3) is 4.07. The first-order valence-corrected chi connectivity index (χ1v) is 8.57. The maximum Gasteiger partial charge on any atom is 0.182 e. The van der Waals surface area contributed by atoms with Crippen LogP contribution in [-0.2, 0) is 0 Å². The first kappa shape index (κ1) is 16.0. The Morgan fingerprint density at radius 3 is 2.33 bits per heavy atom. The SMILES string of the molecule is CCCC(CNc1ncc(C)s1)c1c(C)cc(C)cc1C. The summed E-state index contributed by atoms with van der Waals surface area (Å²) in [6.45, 7) is 12.0. The summed E-state index contributed by atoms with van der Waals surface area (Å²) in [5, 5.41) is 4.56. The molecule has 0 fully saturated rings. The number of nitrogens with zero attached hydrogens (tertiary/aromatic N) is 1. The molecule has 21 heavy (non-hydrogen) atoms. The van der Waals surface area contributed by atoms with Crippen molar-refractivity contribution >= 4 is 16.5 Å². The molecule has 0 saturated carbocycles. The van der Waals surface area contributed by atoms with E-state index in [9.17, 15) is 0 Å². The number of rotatable bonds is 6. The van der Waals surface area contributed by atoms with E-state index in [-0.39, 0.29) is 0 Å². The molecule has 0 saturated heterocycles. The predicted octanol–water partition coefficient (Wildman–Crippen LogP) is 5.37. The Morgan fingerprint density at radius 1 is 1.14 bits per heavy atom. The number of nitrogens with one attached hydrogen (secondary N) is 1. The van der Waals surface area contributed by atoms with Gasteiger partial charge < -0.3 is 5.32 Å². The Morgan fingerprint density at radius 2 is 1.81 bits per heavy atom. The molecule has 2 rings (SSSR count). The van der Waals surface area contributed by atoms with Crippen LogP contribution in [0.2, 0.25) is 0 Å². The van der Waals surface area contributed by atoms with Crippen molar-refractivity contribution < 1.29 is 0 Å². The summed E-state index contributed by atoms with van der Waals surface area (Å²) >= 11 is 1.73. The number of anilines is 1. The van der Waals surface area contributed by atoms with Crippen LogP contribution in [0.5, 0.6) is 0 Å². The molecule has 1 aromatic carbocycles. The van der Waals surface area contributed by atoms with Crippen LogP contribution in [-0.4, -0.2) is 11.5 Å². The van der Waals surface area contributed by atoms with Crippen LogP contribution < -0.4 is 5.32 Å². The number of aromatic nitrogens is 1. The molecule has 0 bridgehead atoms. The second-order valence-electron chi connectivity index (χ2n) is 5.95. The van der Waals surface area contributed by atoms with Gasteiger partial charge >= 0.3 is 0 Å². The first-order valence-electron chi connectivity index (χ1n) is 7.75. The van der Waals surface area contributed by atoms with Crippen molar-refractivity contribution in [2.24, 2.45) is 0 Å². The third-order valence-electron chi connectivity index (χ3n) is 3.90. The Kier molecular flexibility index (Phi) is 5.40. The van der Waals surface area contributed by atoms with Crippen LogP contribution in [0.4, 0.5) is 5.13 Å². The zero-order chi connectivity index (χ0) is 15.4. The second kappa shape index (κ2) is 7.08. The van der Waals surface area contributed by atoms with Crippen LogP contribution in [0.3, 0.4) is 0 Å². The molecule has 0 radical (unpaired) electrons. The Labute approximate surface area is 132 Å². The standard InChI is InChI=1S/C18H26N2S/c1-6-7-16(11-20-18-19-10-15(5)21-18)17-13(3)8-12(2)9-14(17)4/h8-10,16H,6-7,11H2,1-5H3,(H,19,20). The van der Waals surface area contributed by atoms with Gasteiger partial charge in [-0.2, -0.15) is 0 Å². The zero-order valence-electron chi connectivity index (χ0n) is 13.8. The number of hydrogen-bond donors (Lipinski definition) is 1. The molecular formula is C18H26N2S. The third-order valence-corrected chi connectivity index (χ3v) is 4.77. The molecule has 1 heterocycles. The summed E-state index contributed by atoms with van der Waals surface area (Å²) in [7, 11) is 0. The molecule has 3 heteroatoms. The quantitative estimate of drug-likeness (QED) is 0.775. The Hall–Kier alpha value is -1.35. The van der Waals surface area contributed by atoms with Crippen molar-refractivity contribution in [1.82, 2.24) is 4.98 Å². The van der Waals surface area contributed by atoms with Crippen molar-refractivity contribution in [1.29, 1.82) is 0 Å². The summed E-state index contributed by atoms with van der Waals surface area (Å²) < 4.78 is 0. The topological polar surface area (TPSA) is 24.9 Å². The van der Waals surface area contributed by atoms with Crippen LogP contribution in [0.1, 0.15) is 52.8 Å². The summed E-state index contributed by atoms with van der Waals surface area (Å²) in [6, 6.07) is 4.61. The normalized spacial score (nSPS) is 12.4. The lowest BCUT2D eigenvalue weighted by molar-refractivity contribution is 0.631. The van der Waals surface area contributed by atoms with Crippen molar-refractivity contribution in [2.75, 3.05) is 11.9 Å². The van der Waals surface area contributed by atoms with Gasteiger partial charge in [-0.15, -0.1) is 11.3 Å². The van der Waals surface area contributed by atoms with Crippen LogP contribution in [0, 0.1) is 27.7 Å². The van der Waals surface area contributed by atoms with Gasteiger partial charge in [0.2, 0.25) is 0 Å². The average molecular weight is 302 g/mol. The number of benzene rings is 1. The van der Waals surface area contributed by atoms with Crippen LogP contribution in [0.25, 0.3) is 0 Å². The second-order valence-corrected chi connectivity index (χ2v) is 7.19. The van der Waals surface area contributed by atoms with Crippen molar-refractivity contribution in [3.8, 4) is 0 Å². The highest BCUT2D eigenvalue weighted by Gasteiger charge is 2.16. The minimum absolute atomic E-state index is 0.555. The Balaban J connectivity index is 2.18. The molecular weight excluding hydrogens is 276 g/mol. The van der Waals surface area contributed by atoms with E-state index in [0.717, 1.165) is 11.7 Å². The smallest absolute Gasteiger partial charge is 0.182 e. The summed E-state index contributed by atoms with van der Waals surface area (Å²) in [4.78, 5) is 5.66. The maximum absolute atomic E-state index is 4.41. The largest absolute Gasteiger partial charge is 0.361 e. The monoisotopic (exact) mass is 302 g/mol. The van der Waals surface area contributed by atoms with Gasteiger partial charge in [0.15, 0.2) is 5.13 Å². The van der Waals surface area contributed by atoms with Crippen LogP contribution >= 0.6 is 11.3 Å². The lowest BCUT2D eigenvalue weighted by Crippen LogP contribution is -2.15. The molecule has 1 N–H and O–H groups in total. The van der Waals surface area contributed by atoms with E-state index in [1.807, 2.05) is 6.20 Å². The van der Waals surface area contributed by atoms with Gasteiger partial charge in [-0.25, -0.2) is 4.98 Å². The number of aryl methyl sites for hydroxylation is 4. The lowest BCUT2D eigenvalue weighted by atomic mass is 9.86. The van der Waals surface area contributed by atoms with E-state index < -0.39 is 0 Å². The fourth-order valence-corrected chi connectivity index (χ4v) is 3.85. The van der Waals surface area contributed by atoms with Gasteiger partial charge in [-0.3, -0.25) is 0 Å². The lowest BCUT2D eigenvalue weighted by Gasteiger charge is -2.22. The molecule has 1 aromatic heterocycles. The molecule has 0 aliphatic heterocycles. The molecule has 2 nitrogen and oxygen atoms in total. The summed E-state index contributed by atoms with van der Waals surface area (Å²) in [5.41, 5.74) is 5.71. The fraction of sp³-hybridized carbons (Fsp3) is 0.500. The number of thiazole rings is 1. The minimum Gasteiger partial charge on any atom is -0.361 e. The average Bonchev–Trinajstić information content (AvgIpc) is 2.80. The molecule has 2 aromatic rings. The van der Waals surface area contributed by atoms with E-state index in [0.29, 0.717) is 5.92 Å². The van der Waals surface area contributed by atoms with Crippen molar-refractivity contribution in [3.63, 3.8) is 0 Å². The molecule has 1 atom stereocenters. The van der Waals surface area contributed by atoms with E-state index in [4.69, 9.17) is 0 Å². The molecule has 0 amide bonds. The van der Waals surface area contributed by atoms with Gasteiger partial charge in [0.05, 0.1) is 0 Å². The molecule has 114 valence electrons. The molecule has 0 aliphatic carbocycles. The van der Waals surface area contributed by atoms with Gasteiger partial charge in [0.1, 0.15) is 0 Å². The van der Waals surface area contributed by atoms with E-state index >= 15 is 0 Å². The Bertz CT molecular complexity index is 578.